The molecule has 130 valence electrons. The van der Waals surface area contributed by atoms with E-state index in [9.17, 15) is 4.79 Å². The van der Waals surface area contributed by atoms with Gasteiger partial charge < -0.3 is 10.1 Å². The lowest BCUT2D eigenvalue weighted by Crippen LogP contribution is -3.07. The number of fused-ring (bicyclic) bond motifs is 4. The molecule has 0 aromatic heterocycles. The quantitative estimate of drug-likeness (QED) is 0.795. The highest BCUT2D eigenvalue weighted by Gasteiger charge is 2.69. The van der Waals surface area contributed by atoms with Crippen LogP contribution in [0.4, 0.5) is 4.79 Å². The van der Waals surface area contributed by atoms with Gasteiger partial charge in [-0.15, -0.1) is 0 Å². The predicted octanol–water partition coefficient (Wildman–Crippen LogP) is 2.56. The lowest BCUT2D eigenvalue weighted by molar-refractivity contribution is -0.792. The molecule has 2 N–H and O–H groups in total. The van der Waals surface area contributed by atoms with Gasteiger partial charge in [0.1, 0.15) is 5.54 Å². The second kappa shape index (κ2) is 4.54. The average Bonchev–Trinajstić information content (AvgIpc) is 2.63. The van der Waals surface area contributed by atoms with E-state index in [0.717, 1.165) is 25.8 Å². The van der Waals surface area contributed by atoms with E-state index in [1.165, 1.54) is 11.1 Å². The number of carbonyl (C=O) groups excluding carboxylic acids is 1. The standard InChI is InChI=1S/C20H28N2O2/c1-17(2)12-20(13-18(3,4)21-17)19(5)15-9-7-6-8-14(15)10-11-22(19)16(23)24-20/h6-9,21H,10-13H2,1-5H3/p+1/t19-/m1/s1. The molecule has 1 aromatic carbocycles. The van der Waals surface area contributed by atoms with Crippen molar-refractivity contribution in [2.24, 2.45) is 0 Å². The molecule has 2 saturated heterocycles. The molecule has 3 heterocycles. The molecule has 0 unspecified atom stereocenters. The molecule has 1 amide bonds. The van der Waals surface area contributed by atoms with Crippen molar-refractivity contribution in [3.8, 4) is 0 Å². The second-order valence-corrected chi connectivity index (χ2v) is 9.47. The van der Waals surface area contributed by atoms with Crippen LogP contribution in [-0.2, 0) is 16.7 Å². The van der Waals surface area contributed by atoms with Crippen LogP contribution in [0, 0.1) is 0 Å². The molecular weight excluding hydrogens is 300 g/mol. The Morgan fingerprint density at radius 2 is 1.67 bits per heavy atom. The molecular formula is C20H29N2O2+. The van der Waals surface area contributed by atoms with E-state index in [2.05, 4.69) is 64.2 Å². The molecule has 0 saturated carbocycles. The molecule has 2 fully saturated rings. The summed E-state index contributed by atoms with van der Waals surface area (Å²) < 4.78 is 6.23. The number of hydrogen-bond donors (Lipinski definition) is 1. The van der Waals surface area contributed by atoms with Crippen LogP contribution in [0.5, 0.6) is 0 Å². The lowest BCUT2D eigenvalue weighted by atomic mass is 9.61. The van der Waals surface area contributed by atoms with Gasteiger partial charge in [0.25, 0.3) is 0 Å². The number of ether oxygens (including phenoxy) is 1. The van der Waals surface area contributed by atoms with Crippen LogP contribution in [0.25, 0.3) is 0 Å². The lowest BCUT2D eigenvalue weighted by Gasteiger charge is -2.54. The van der Waals surface area contributed by atoms with Crippen LogP contribution < -0.4 is 5.32 Å². The van der Waals surface area contributed by atoms with Crippen molar-refractivity contribution in [3.63, 3.8) is 0 Å². The molecule has 0 aliphatic carbocycles. The molecule has 1 spiro atoms. The number of nitrogens with zero attached hydrogens (tertiary/aromatic N) is 1. The van der Waals surface area contributed by atoms with E-state index in [0.29, 0.717) is 0 Å². The third-order valence-electron chi connectivity index (χ3n) is 6.34. The van der Waals surface area contributed by atoms with Crippen molar-refractivity contribution in [2.75, 3.05) is 6.54 Å². The van der Waals surface area contributed by atoms with Crippen molar-refractivity contribution in [2.45, 2.75) is 76.1 Å². The third kappa shape index (κ3) is 1.98. The van der Waals surface area contributed by atoms with E-state index in [1.807, 2.05) is 4.90 Å². The molecule has 4 rings (SSSR count). The molecule has 0 bridgehead atoms. The van der Waals surface area contributed by atoms with E-state index in [1.54, 1.807) is 0 Å². The minimum absolute atomic E-state index is 0.0352. The fourth-order valence-electron chi connectivity index (χ4n) is 6.01. The smallest absolute Gasteiger partial charge is 0.411 e. The van der Waals surface area contributed by atoms with Gasteiger partial charge in [0.05, 0.1) is 11.1 Å². The summed E-state index contributed by atoms with van der Waals surface area (Å²) in [6, 6.07) is 8.60. The monoisotopic (exact) mass is 329 g/mol. The first kappa shape index (κ1) is 15.9. The van der Waals surface area contributed by atoms with E-state index in [4.69, 9.17) is 4.74 Å². The van der Waals surface area contributed by atoms with Gasteiger partial charge in [-0.3, -0.25) is 4.90 Å². The number of quaternary nitrogens is 1. The van der Waals surface area contributed by atoms with Crippen molar-refractivity contribution in [3.05, 3.63) is 35.4 Å². The van der Waals surface area contributed by atoms with Gasteiger partial charge in [0.2, 0.25) is 0 Å². The number of benzene rings is 1. The maximum atomic E-state index is 12.8. The zero-order chi connectivity index (χ0) is 17.4. The maximum Gasteiger partial charge on any atom is 0.411 e. The fourth-order valence-corrected chi connectivity index (χ4v) is 6.01. The number of nitrogens with two attached hydrogens (primary N) is 1. The van der Waals surface area contributed by atoms with E-state index < -0.39 is 5.60 Å². The Kier molecular flexibility index (Phi) is 3.02. The molecule has 4 nitrogen and oxygen atoms in total. The number of amides is 1. The van der Waals surface area contributed by atoms with Gasteiger partial charge in [-0.1, -0.05) is 24.3 Å². The van der Waals surface area contributed by atoms with Crippen LogP contribution in [0.3, 0.4) is 0 Å². The summed E-state index contributed by atoms with van der Waals surface area (Å²) in [5, 5.41) is 2.44. The molecule has 1 aromatic rings. The van der Waals surface area contributed by atoms with Gasteiger partial charge in [-0.25, -0.2) is 4.79 Å². The van der Waals surface area contributed by atoms with Crippen molar-refractivity contribution in [1.82, 2.24) is 4.90 Å². The Hall–Kier alpha value is -1.55. The first-order chi connectivity index (χ1) is 11.1. The summed E-state index contributed by atoms with van der Waals surface area (Å²) in [6.07, 6.45) is 2.52. The highest BCUT2D eigenvalue weighted by molar-refractivity contribution is 5.74. The van der Waals surface area contributed by atoms with Gasteiger partial charge in [0.15, 0.2) is 5.60 Å². The Balaban J connectivity index is 1.93. The normalized spacial score (nSPS) is 32.2. The fraction of sp³-hybridized carbons (Fsp3) is 0.650. The number of hydrogen-bond acceptors (Lipinski definition) is 2. The molecule has 3 aliphatic heterocycles. The molecule has 1 atom stereocenters. The summed E-state index contributed by atoms with van der Waals surface area (Å²) >= 11 is 0. The molecule has 4 heteroatoms. The topological polar surface area (TPSA) is 46.1 Å². The summed E-state index contributed by atoms with van der Waals surface area (Å²) in [4.78, 5) is 14.8. The second-order valence-electron chi connectivity index (χ2n) is 9.47. The van der Waals surface area contributed by atoms with Crippen LogP contribution in [0.2, 0.25) is 0 Å². The third-order valence-corrected chi connectivity index (χ3v) is 6.34. The zero-order valence-electron chi connectivity index (χ0n) is 15.5. The minimum Gasteiger partial charge on any atom is -0.439 e. The van der Waals surface area contributed by atoms with Crippen LogP contribution in [0.15, 0.2) is 24.3 Å². The first-order valence-corrected chi connectivity index (χ1v) is 9.05. The summed E-state index contributed by atoms with van der Waals surface area (Å²) in [6.45, 7) is 12.1. The number of carbonyl (C=O) groups is 1. The zero-order valence-corrected chi connectivity index (χ0v) is 15.5. The first-order valence-electron chi connectivity index (χ1n) is 9.05. The Morgan fingerprint density at radius 3 is 2.33 bits per heavy atom. The summed E-state index contributed by atoms with van der Waals surface area (Å²) in [7, 11) is 0. The van der Waals surface area contributed by atoms with Gasteiger partial charge in [-0.2, -0.15) is 0 Å². The largest absolute Gasteiger partial charge is 0.439 e. The van der Waals surface area contributed by atoms with Crippen LogP contribution in [0.1, 0.15) is 58.6 Å². The predicted molar refractivity (Wildman–Crippen MR) is 92.7 cm³/mol. The Morgan fingerprint density at radius 1 is 1.04 bits per heavy atom. The molecule has 0 radical (unpaired) electrons. The average molecular weight is 329 g/mol. The Labute approximate surface area is 144 Å². The van der Waals surface area contributed by atoms with E-state index in [-0.39, 0.29) is 22.7 Å². The van der Waals surface area contributed by atoms with E-state index >= 15 is 0 Å². The number of rotatable bonds is 0. The SMILES string of the molecule is CC1(C)CC2(CC(C)(C)[NH2+]1)OC(=O)N1CCc3ccccc3[C@@]12C. The molecule has 24 heavy (non-hydrogen) atoms. The summed E-state index contributed by atoms with van der Waals surface area (Å²) in [5.41, 5.74) is 1.85. The van der Waals surface area contributed by atoms with Crippen molar-refractivity contribution < 1.29 is 14.8 Å². The van der Waals surface area contributed by atoms with Gasteiger partial charge in [-0.05, 0) is 52.2 Å². The van der Waals surface area contributed by atoms with Gasteiger partial charge in [0, 0.05) is 19.4 Å². The van der Waals surface area contributed by atoms with Crippen molar-refractivity contribution in [1.29, 1.82) is 0 Å². The van der Waals surface area contributed by atoms with Crippen LogP contribution >= 0.6 is 0 Å². The highest BCUT2D eigenvalue weighted by Crippen LogP contribution is 2.56. The molecule has 3 aliphatic rings. The maximum absolute atomic E-state index is 12.8. The van der Waals surface area contributed by atoms with Crippen LogP contribution in [-0.4, -0.2) is 34.2 Å². The van der Waals surface area contributed by atoms with Crippen molar-refractivity contribution >= 4 is 6.09 Å². The number of piperidine rings is 1. The minimum atomic E-state index is -0.470. The summed E-state index contributed by atoms with van der Waals surface area (Å²) in [5.74, 6) is 0. The van der Waals surface area contributed by atoms with Gasteiger partial charge >= 0.3 is 6.09 Å². The Bertz CT molecular complexity index is 693. The highest BCUT2D eigenvalue weighted by atomic mass is 16.6.